The van der Waals surface area contributed by atoms with Crippen LogP contribution in [-0.4, -0.2) is 40.4 Å². The molecule has 2 aromatic rings. The van der Waals surface area contributed by atoms with E-state index in [1.54, 1.807) is 0 Å². The molecule has 4 nitrogen and oxygen atoms in total. The van der Waals surface area contributed by atoms with Gasteiger partial charge in [0.25, 0.3) is 5.91 Å². The van der Waals surface area contributed by atoms with E-state index in [1.165, 1.54) is 12.8 Å². The van der Waals surface area contributed by atoms with Gasteiger partial charge in [0, 0.05) is 29.8 Å². The maximum Gasteiger partial charge on any atom is 0.268 e. The molecule has 2 atom stereocenters. The van der Waals surface area contributed by atoms with Crippen molar-refractivity contribution in [1.82, 2.24) is 14.6 Å². The van der Waals surface area contributed by atoms with Crippen LogP contribution in [0.25, 0.3) is 5.52 Å². The zero-order valence-electron chi connectivity index (χ0n) is 13.2. The third kappa shape index (κ3) is 2.13. The highest BCUT2D eigenvalue weighted by molar-refractivity contribution is 5.94. The average Bonchev–Trinajstić information content (AvgIpc) is 2.93. The van der Waals surface area contributed by atoms with Crippen LogP contribution in [0.3, 0.4) is 0 Å². The molecule has 2 aliphatic rings. The molecule has 2 aliphatic heterocycles. The second kappa shape index (κ2) is 5.13. The lowest BCUT2D eigenvalue weighted by molar-refractivity contribution is 0.0877. The molecule has 2 saturated heterocycles. The summed E-state index contributed by atoms with van der Waals surface area (Å²) in [7, 11) is 2.23. The van der Waals surface area contributed by atoms with E-state index >= 15 is 0 Å². The van der Waals surface area contributed by atoms with Gasteiger partial charge < -0.3 is 14.6 Å². The molecule has 0 saturated carbocycles. The summed E-state index contributed by atoms with van der Waals surface area (Å²) in [6.07, 6.45) is 6.69. The van der Waals surface area contributed by atoms with Crippen LogP contribution < -0.4 is 5.32 Å². The fourth-order valence-corrected chi connectivity index (χ4v) is 4.29. The quantitative estimate of drug-likeness (QED) is 0.925. The Kier molecular flexibility index (Phi) is 3.22. The number of carbonyl (C=O) groups excluding carboxylic acids is 1. The molecule has 1 N–H and O–H groups in total. The summed E-state index contributed by atoms with van der Waals surface area (Å²) >= 11 is 0. The first-order valence-corrected chi connectivity index (χ1v) is 8.23. The van der Waals surface area contributed by atoms with E-state index in [0.29, 0.717) is 18.1 Å². The Morgan fingerprint density at radius 3 is 2.68 bits per heavy atom. The summed E-state index contributed by atoms with van der Waals surface area (Å²) in [5, 5.41) is 3.28. The van der Waals surface area contributed by atoms with Crippen LogP contribution in [0.4, 0.5) is 0 Å². The highest BCUT2D eigenvalue weighted by atomic mass is 16.2. The van der Waals surface area contributed by atoms with Gasteiger partial charge in [-0.1, -0.05) is 6.07 Å². The number of carbonyl (C=O) groups is 1. The molecule has 22 heavy (non-hydrogen) atoms. The number of fused-ring (bicyclic) bond motifs is 3. The monoisotopic (exact) mass is 297 g/mol. The van der Waals surface area contributed by atoms with Gasteiger partial charge >= 0.3 is 0 Å². The van der Waals surface area contributed by atoms with E-state index < -0.39 is 0 Å². The van der Waals surface area contributed by atoms with Crippen LogP contribution in [0, 0.1) is 6.92 Å². The number of hydrogen-bond acceptors (Lipinski definition) is 2. The van der Waals surface area contributed by atoms with Crippen LogP contribution in [0.15, 0.2) is 30.5 Å². The SMILES string of the molecule is Cc1cc(C(=O)NC2CC3CCC(C2)N3C)n2ccccc12. The summed E-state index contributed by atoms with van der Waals surface area (Å²) in [4.78, 5) is 15.2. The molecule has 116 valence electrons. The van der Waals surface area contributed by atoms with Gasteiger partial charge in [0.1, 0.15) is 5.69 Å². The number of hydrogen-bond donors (Lipinski definition) is 1. The highest BCUT2D eigenvalue weighted by Crippen LogP contribution is 2.34. The van der Waals surface area contributed by atoms with Crippen LogP contribution in [0.1, 0.15) is 41.7 Å². The lowest BCUT2D eigenvalue weighted by Crippen LogP contribution is -2.48. The van der Waals surface area contributed by atoms with Gasteiger partial charge in [-0.15, -0.1) is 0 Å². The molecular weight excluding hydrogens is 274 g/mol. The first-order valence-electron chi connectivity index (χ1n) is 8.23. The molecular formula is C18H23N3O. The maximum absolute atomic E-state index is 12.7. The van der Waals surface area contributed by atoms with Crippen LogP contribution in [-0.2, 0) is 0 Å². The normalized spacial score (nSPS) is 28.2. The molecule has 1 amide bonds. The largest absolute Gasteiger partial charge is 0.348 e. The number of pyridine rings is 1. The topological polar surface area (TPSA) is 36.8 Å². The van der Waals surface area contributed by atoms with Gasteiger partial charge in [-0.3, -0.25) is 4.79 Å². The van der Waals surface area contributed by atoms with Gasteiger partial charge in [0.2, 0.25) is 0 Å². The minimum Gasteiger partial charge on any atom is -0.348 e. The van der Waals surface area contributed by atoms with Gasteiger partial charge in [-0.2, -0.15) is 0 Å². The first-order chi connectivity index (χ1) is 10.6. The number of rotatable bonds is 2. The van der Waals surface area contributed by atoms with Crippen LogP contribution in [0.2, 0.25) is 0 Å². The minimum absolute atomic E-state index is 0.0586. The molecule has 4 rings (SSSR count). The van der Waals surface area contributed by atoms with Crippen molar-refractivity contribution in [3.8, 4) is 0 Å². The number of aryl methyl sites for hydroxylation is 1. The minimum atomic E-state index is 0.0586. The van der Waals surface area contributed by atoms with Crippen LogP contribution in [0.5, 0.6) is 0 Å². The molecule has 4 heteroatoms. The Balaban J connectivity index is 1.55. The standard InChI is InChI=1S/C18H23N3O/c1-12-9-17(21-8-4-3-5-16(12)21)18(22)19-13-10-14-6-7-15(11-13)20(14)2/h3-5,8-9,13-15H,6-7,10-11H2,1-2H3,(H,19,22). The number of nitrogens with zero attached hydrogens (tertiary/aromatic N) is 2. The summed E-state index contributed by atoms with van der Waals surface area (Å²) in [5.41, 5.74) is 3.00. The average molecular weight is 297 g/mol. The van der Waals surface area contributed by atoms with E-state index in [2.05, 4.69) is 30.3 Å². The van der Waals surface area contributed by atoms with E-state index in [1.807, 2.05) is 28.8 Å². The molecule has 2 bridgehead atoms. The lowest BCUT2D eigenvalue weighted by Gasteiger charge is -2.36. The molecule has 2 fully saturated rings. The van der Waals surface area contributed by atoms with Gasteiger partial charge in [-0.25, -0.2) is 0 Å². The molecule has 0 spiro atoms. The Hall–Kier alpha value is -1.81. The third-order valence-electron chi connectivity index (χ3n) is 5.54. The summed E-state index contributed by atoms with van der Waals surface area (Å²) in [6, 6.07) is 9.65. The molecule has 0 radical (unpaired) electrons. The second-order valence-corrected chi connectivity index (χ2v) is 6.86. The fraction of sp³-hybridized carbons (Fsp3) is 0.500. The third-order valence-corrected chi connectivity index (χ3v) is 5.54. The Morgan fingerprint density at radius 1 is 1.23 bits per heavy atom. The van der Waals surface area contributed by atoms with Gasteiger partial charge in [0.15, 0.2) is 0 Å². The van der Waals surface area contributed by atoms with E-state index in [4.69, 9.17) is 0 Å². The predicted octanol–water partition coefficient (Wildman–Crippen LogP) is 2.60. The van der Waals surface area contributed by atoms with E-state index in [0.717, 1.165) is 29.6 Å². The van der Waals surface area contributed by atoms with Crippen molar-refractivity contribution in [2.75, 3.05) is 7.05 Å². The van der Waals surface area contributed by atoms with Crippen LogP contribution >= 0.6 is 0 Å². The maximum atomic E-state index is 12.7. The lowest BCUT2D eigenvalue weighted by atomic mass is 9.98. The van der Waals surface area contributed by atoms with Crippen molar-refractivity contribution in [3.63, 3.8) is 0 Å². The van der Waals surface area contributed by atoms with Crippen molar-refractivity contribution in [2.45, 2.75) is 50.7 Å². The zero-order valence-corrected chi connectivity index (χ0v) is 13.2. The smallest absolute Gasteiger partial charge is 0.268 e. The van der Waals surface area contributed by atoms with Crippen molar-refractivity contribution >= 4 is 11.4 Å². The number of nitrogens with one attached hydrogen (secondary N) is 1. The summed E-state index contributed by atoms with van der Waals surface area (Å²) in [5.74, 6) is 0.0586. The van der Waals surface area contributed by atoms with Crippen molar-refractivity contribution in [2.24, 2.45) is 0 Å². The predicted molar refractivity (Wildman–Crippen MR) is 87.2 cm³/mol. The van der Waals surface area contributed by atoms with Gasteiger partial charge in [0.05, 0.1) is 0 Å². The van der Waals surface area contributed by atoms with Crippen molar-refractivity contribution < 1.29 is 4.79 Å². The van der Waals surface area contributed by atoms with Crippen molar-refractivity contribution in [3.05, 3.63) is 41.7 Å². The van der Waals surface area contributed by atoms with E-state index in [9.17, 15) is 4.79 Å². The molecule has 2 aromatic heterocycles. The Bertz CT molecular complexity index is 706. The fourth-order valence-electron chi connectivity index (χ4n) is 4.29. The van der Waals surface area contributed by atoms with Crippen molar-refractivity contribution in [1.29, 1.82) is 0 Å². The zero-order chi connectivity index (χ0) is 15.3. The number of amides is 1. The molecule has 0 aromatic carbocycles. The summed E-state index contributed by atoms with van der Waals surface area (Å²) < 4.78 is 1.99. The highest BCUT2D eigenvalue weighted by Gasteiger charge is 2.38. The molecule has 2 unspecified atom stereocenters. The Labute approximate surface area is 131 Å². The number of piperidine rings is 1. The summed E-state index contributed by atoms with van der Waals surface area (Å²) in [6.45, 7) is 2.06. The second-order valence-electron chi connectivity index (χ2n) is 6.86. The molecule has 4 heterocycles. The first kappa shape index (κ1) is 13.8. The number of aromatic nitrogens is 1. The van der Waals surface area contributed by atoms with Gasteiger partial charge in [-0.05, 0) is 63.4 Å². The molecule has 0 aliphatic carbocycles. The Morgan fingerprint density at radius 2 is 1.95 bits per heavy atom. The van der Waals surface area contributed by atoms with E-state index in [-0.39, 0.29) is 5.91 Å².